The molecule has 5 nitrogen and oxygen atoms in total. The van der Waals surface area contributed by atoms with E-state index < -0.39 is 0 Å². The first kappa shape index (κ1) is 13.5. The van der Waals surface area contributed by atoms with Gasteiger partial charge in [-0.25, -0.2) is 0 Å². The topological polar surface area (TPSA) is 74.2 Å². The predicted octanol–water partition coefficient (Wildman–Crippen LogP) is 2.32. The van der Waals surface area contributed by atoms with Crippen LogP contribution < -0.4 is 10.5 Å². The highest BCUT2D eigenvalue weighted by Crippen LogP contribution is 2.21. The first-order valence-electron chi connectivity index (χ1n) is 6.31. The van der Waals surface area contributed by atoms with E-state index in [-0.39, 0.29) is 12.0 Å². The van der Waals surface area contributed by atoms with E-state index in [0.717, 1.165) is 11.3 Å². The lowest BCUT2D eigenvalue weighted by Crippen LogP contribution is -2.17. The molecule has 0 aliphatic rings. The van der Waals surface area contributed by atoms with Gasteiger partial charge in [0.1, 0.15) is 5.75 Å². The number of ether oxygens (including phenoxy) is 1. The fraction of sp³-hybridized carbons (Fsp3) is 0.429. The molecule has 2 rings (SSSR count). The van der Waals surface area contributed by atoms with E-state index in [1.807, 2.05) is 38.1 Å². The number of benzene rings is 1. The van der Waals surface area contributed by atoms with E-state index in [4.69, 9.17) is 15.0 Å². The van der Waals surface area contributed by atoms with Crippen LogP contribution in [-0.4, -0.2) is 17.3 Å². The molecule has 0 fully saturated rings. The highest BCUT2D eigenvalue weighted by atomic mass is 16.5. The Labute approximate surface area is 112 Å². The van der Waals surface area contributed by atoms with E-state index in [0.29, 0.717) is 18.1 Å². The summed E-state index contributed by atoms with van der Waals surface area (Å²) >= 11 is 0. The Morgan fingerprint density at radius 3 is 2.74 bits per heavy atom. The molecule has 1 atom stereocenters. The molecule has 1 aromatic heterocycles. The van der Waals surface area contributed by atoms with Crippen LogP contribution in [0.1, 0.15) is 37.2 Å². The zero-order valence-electron chi connectivity index (χ0n) is 11.5. The Kier molecular flexibility index (Phi) is 4.16. The third-order valence-electron chi connectivity index (χ3n) is 3.03. The molecule has 0 unspecified atom stereocenters. The van der Waals surface area contributed by atoms with Gasteiger partial charge in [0.05, 0.1) is 13.2 Å². The van der Waals surface area contributed by atoms with Crippen molar-refractivity contribution < 1.29 is 9.26 Å². The van der Waals surface area contributed by atoms with Gasteiger partial charge in [0.25, 0.3) is 0 Å². The molecule has 0 aliphatic carbocycles. The number of nitrogens with two attached hydrogens (primary N) is 1. The molecular weight excluding hydrogens is 242 g/mol. The second-order valence-corrected chi connectivity index (χ2v) is 4.81. The Morgan fingerprint density at radius 1 is 1.32 bits per heavy atom. The van der Waals surface area contributed by atoms with Gasteiger partial charge in [-0.15, -0.1) is 0 Å². The lowest BCUT2D eigenvalue weighted by molar-refractivity contribution is 0.322. The minimum atomic E-state index is -0.223. The van der Waals surface area contributed by atoms with Crippen LogP contribution in [0.3, 0.4) is 0 Å². The third-order valence-corrected chi connectivity index (χ3v) is 3.03. The molecule has 0 spiro atoms. The van der Waals surface area contributed by atoms with Crippen LogP contribution in [0.5, 0.6) is 5.75 Å². The molecule has 102 valence electrons. The van der Waals surface area contributed by atoms with Crippen LogP contribution in [0.15, 0.2) is 28.8 Å². The molecule has 0 saturated carbocycles. The number of rotatable bonds is 5. The standard InChI is InChI=1S/C14H19N3O2/c1-9(2)13(15)14-16-12(17-19-14)8-10-6-4-5-7-11(10)18-3/h4-7,9,13H,8,15H2,1-3H3/t13-/m0/s1. The number of methoxy groups -OCH3 is 1. The van der Waals surface area contributed by atoms with Gasteiger partial charge >= 0.3 is 0 Å². The maximum atomic E-state index is 5.98. The molecule has 19 heavy (non-hydrogen) atoms. The van der Waals surface area contributed by atoms with Crippen LogP contribution in [0.25, 0.3) is 0 Å². The number of para-hydroxylation sites is 1. The van der Waals surface area contributed by atoms with Gasteiger partial charge in [-0.1, -0.05) is 37.2 Å². The summed E-state index contributed by atoms with van der Waals surface area (Å²) in [5, 5.41) is 3.97. The Balaban J connectivity index is 2.16. The molecule has 0 saturated heterocycles. The predicted molar refractivity (Wildman–Crippen MR) is 71.9 cm³/mol. The van der Waals surface area contributed by atoms with Crippen molar-refractivity contribution in [3.63, 3.8) is 0 Å². The second-order valence-electron chi connectivity index (χ2n) is 4.81. The minimum Gasteiger partial charge on any atom is -0.496 e. The second kappa shape index (κ2) is 5.84. The fourth-order valence-electron chi connectivity index (χ4n) is 1.78. The quantitative estimate of drug-likeness (QED) is 0.894. The molecule has 0 bridgehead atoms. The maximum absolute atomic E-state index is 5.98. The summed E-state index contributed by atoms with van der Waals surface area (Å²) < 4.78 is 10.5. The number of hydrogen-bond acceptors (Lipinski definition) is 5. The monoisotopic (exact) mass is 261 g/mol. The van der Waals surface area contributed by atoms with Crippen LogP contribution >= 0.6 is 0 Å². The molecule has 2 aromatic rings. The van der Waals surface area contributed by atoms with Crippen molar-refractivity contribution >= 4 is 0 Å². The Hall–Kier alpha value is -1.88. The molecule has 0 aliphatic heterocycles. The van der Waals surface area contributed by atoms with Gasteiger partial charge < -0.3 is 15.0 Å². The average Bonchev–Trinajstić information content (AvgIpc) is 2.87. The van der Waals surface area contributed by atoms with Crippen LogP contribution in [0.4, 0.5) is 0 Å². The van der Waals surface area contributed by atoms with E-state index in [2.05, 4.69) is 10.1 Å². The largest absolute Gasteiger partial charge is 0.496 e. The summed E-state index contributed by atoms with van der Waals surface area (Å²) in [4.78, 5) is 4.34. The SMILES string of the molecule is COc1ccccc1Cc1noc([C@@H](N)C(C)C)n1. The van der Waals surface area contributed by atoms with Gasteiger partial charge in [-0.3, -0.25) is 0 Å². The van der Waals surface area contributed by atoms with Gasteiger partial charge in [0.2, 0.25) is 5.89 Å². The van der Waals surface area contributed by atoms with Crippen molar-refractivity contribution in [3.8, 4) is 5.75 Å². The summed E-state index contributed by atoms with van der Waals surface area (Å²) in [5.74, 6) is 2.19. The smallest absolute Gasteiger partial charge is 0.243 e. The van der Waals surface area contributed by atoms with E-state index in [9.17, 15) is 0 Å². The highest BCUT2D eigenvalue weighted by Gasteiger charge is 2.18. The van der Waals surface area contributed by atoms with Crippen molar-refractivity contribution in [2.75, 3.05) is 7.11 Å². The summed E-state index contributed by atoms with van der Waals surface area (Å²) in [7, 11) is 1.65. The fourth-order valence-corrected chi connectivity index (χ4v) is 1.78. The van der Waals surface area contributed by atoms with E-state index in [1.165, 1.54) is 0 Å². The molecule has 1 aromatic carbocycles. The molecule has 0 radical (unpaired) electrons. The van der Waals surface area contributed by atoms with Gasteiger partial charge in [0, 0.05) is 12.0 Å². The zero-order valence-corrected chi connectivity index (χ0v) is 11.5. The number of nitrogens with zero attached hydrogens (tertiary/aromatic N) is 2. The van der Waals surface area contributed by atoms with Crippen LogP contribution in [0.2, 0.25) is 0 Å². The number of aromatic nitrogens is 2. The first-order chi connectivity index (χ1) is 9.11. The van der Waals surface area contributed by atoms with E-state index in [1.54, 1.807) is 7.11 Å². The van der Waals surface area contributed by atoms with Crippen LogP contribution in [-0.2, 0) is 6.42 Å². The van der Waals surface area contributed by atoms with Crippen molar-refractivity contribution in [1.29, 1.82) is 0 Å². The molecular formula is C14H19N3O2. The minimum absolute atomic E-state index is 0.223. The van der Waals surface area contributed by atoms with Crippen LogP contribution in [0, 0.1) is 5.92 Å². The molecule has 5 heteroatoms. The van der Waals surface area contributed by atoms with Gasteiger partial charge in [0.15, 0.2) is 5.82 Å². The summed E-state index contributed by atoms with van der Waals surface area (Å²) in [6, 6.07) is 7.56. The lowest BCUT2D eigenvalue weighted by Gasteiger charge is -2.09. The van der Waals surface area contributed by atoms with Crippen molar-refractivity contribution in [3.05, 3.63) is 41.5 Å². The molecule has 2 N–H and O–H groups in total. The highest BCUT2D eigenvalue weighted by molar-refractivity contribution is 5.35. The molecule has 0 amide bonds. The summed E-state index contributed by atoms with van der Waals surface area (Å²) in [6.07, 6.45) is 0.568. The number of hydrogen-bond donors (Lipinski definition) is 1. The van der Waals surface area contributed by atoms with Crippen molar-refractivity contribution in [2.45, 2.75) is 26.3 Å². The van der Waals surface area contributed by atoms with Gasteiger partial charge in [-0.05, 0) is 12.0 Å². The normalized spacial score (nSPS) is 12.7. The lowest BCUT2D eigenvalue weighted by atomic mass is 10.1. The summed E-state index contributed by atoms with van der Waals surface area (Å²) in [5.41, 5.74) is 7.00. The summed E-state index contributed by atoms with van der Waals surface area (Å²) in [6.45, 7) is 4.05. The molecule has 1 heterocycles. The van der Waals surface area contributed by atoms with Crippen molar-refractivity contribution in [1.82, 2.24) is 10.1 Å². The zero-order chi connectivity index (χ0) is 13.8. The Bertz CT molecular complexity index is 537. The maximum Gasteiger partial charge on any atom is 0.243 e. The van der Waals surface area contributed by atoms with Crippen molar-refractivity contribution in [2.24, 2.45) is 11.7 Å². The third kappa shape index (κ3) is 3.12. The Morgan fingerprint density at radius 2 is 2.05 bits per heavy atom. The van der Waals surface area contributed by atoms with Gasteiger partial charge in [-0.2, -0.15) is 4.98 Å². The van der Waals surface area contributed by atoms with E-state index >= 15 is 0 Å². The average molecular weight is 261 g/mol. The first-order valence-corrected chi connectivity index (χ1v) is 6.31.